The molecule has 6 heteroatoms. The van der Waals surface area contributed by atoms with Gasteiger partial charge in [0.1, 0.15) is 0 Å². The molecule has 23 heavy (non-hydrogen) atoms. The minimum absolute atomic E-state index is 0.152. The third-order valence-electron chi connectivity index (χ3n) is 3.75. The highest BCUT2D eigenvalue weighted by molar-refractivity contribution is 5.78. The van der Waals surface area contributed by atoms with E-state index in [9.17, 15) is 9.59 Å². The second-order valence-corrected chi connectivity index (χ2v) is 5.55. The number of ether oxygens (including phenoxy) is 2. The van der Waals surface area contributed by atoms with Crippen molar-refractivity contribution in [2.75, 3.05) is 14.2 Å². The van der Waals surface area contributed by atoms with Gasteiger partial charge >= 0.3 is 5.97 Å². The number of benzene rings is 1. The summed E-state index contributed by atoms with van der Waals surface area (Å²) >= 11 is 0. The van der Waals surface area contributed by atoms with Gasteiger partial charge in [-0.3, -0.25) is 9.59 Å². The summed E-state index contributed by atoms with van der Waals surface area (Å²) in [5.41, 5.74) is 0.669. The second kappa shape index (κ2) is 9.02. The van der Waals surface area contributed by atoms with Crippen LogP contribution in [0.15, 0.2) is 18.2 Å². The fourth-order valence-electron chi connectivity index (χ4n) is 2.21. The molecule has 0 aliphatic carbocycles. The molecule has 0 saturated heterocycles. The molecule has 1 aromatic carbocycles. The minimum Gasteiger partial charge on any atom is -0.493 e. The van der Waals surface area contributed by atoms with Gasteiger partial charge in [0.25, 0.3) is 0 Å². The van der Waals surface area contributed by atoms with Crippen LogP contribution in [0.3, 0.4) is 0 Å². The first-order valence-corrected chi connectivity index (χ1v) is 7.64. The molecular formula is C17H25NO5. The number of hydrogen-bond donors (Lipinski definition) is 2. The van der Waals surface area contributed by atoms with E-state index in [1.807, 2.05) is 13.8 Å². The fraction of sp³-hybridized carbons (Fsp3) is 0.529. The molecule has 0 fully saturated rings. The van der Waals surface area contributed by atoms with Crippen molar-refractivity contribution >= 4 is 11.9 Å². The van der Waals surface area contributed by atoms with Crippen LogP contribution in [0.4, 0.5) is 0 Å². The Morgan fingerprint density at radius 1 is 1.17 bits per heavy atom. The number of carboxylic acid groups (broad SMARTS) is 1. The highest BCUT2D eigenvalue weighted by atomic mass is 16.5. The maximum absolute atomic E-state index is 12.1. The lowest BCUT2D eigenvalue weighted by atomic mass is 10.0. The Bertz CT molecular complexity index is 544. The number of rotatable bonds is 9. The van der Waals surface area contributed by atoms with Crippen molar-refractivity contribution in [3.63, 3.8) is 0 Å². The molecule has 0 aliphatic rings. The fourth-order valence-corrected chi connectivity index (χ4v) is 2.21. The zero-order valence-electron chi connectivity index (χ0n) is 14.1. The largest absolute Gasteiger partial charge is 0.493 e. The van der Waals surface area contributed by atoms with Gasteiger partial charge < -0.3 is 19.9 Å². The van der Waals surface area contributed by atoms with Crippen molar-refractivity contribution < 1.29 is 24.2 Å². The van der Waals surface area contributed by atoms with Crippen LogP contribution >= 0.6 is 0 Å². The van der Waals surface area contributed by atoms with E-state index in [-0.39, 0.29) is 18.2 Å². The van der Waals surface area contributed by atoms with Gasteiger partial charge in [-0.15, -0.1) is 0 Å². The average Bonchev–Trinajstić information content (AvgIpc) is 2.52. The first-order valence-electron chi connectivity index (χ1n) is 7.64. The molecule has 0 aromatic heterocycles. The van der Waals surface area contributed by atoms with Crippen LogP contribution in [-0.2, 0) is 9.59 Å². The second-order valence-electron chi connectivity index (χ2n) is 5.55. The SMILES string of the molecule is CCC(C)CC(=O)NC(CC(=O)O)c1ccc(OC)c(OC)c1. The zero-order chi connectivity index (χ0) is 17.4. The predicted molar refractivity (Wildman–Crippen MR) is 86.8 cm³/mol. The molecule has 0 saturated carbocycles. The molecule has 2 atom stereocenters. The van der Waals surface area contributed by atoms with Gasteiger partial charge in [0.2, 0.25) is 5.91 Å². The van der Waals surface area contributed by atoms with Gasteiger partial charge in [0, 0.05) is 6.42 Å². The summed E-state index contributed by atoms with van der Waals surface area (Å²) in [5, 5.41) is 11.9. The van der Waals surface area contributed by atoms with E-state index in [0.717, 1.165) is 6.42 Å². The van der Waals surface area contributed by atoms with Crippen LogP contribution in [0.25, 0.3) is 0 Å². The monoisotopic (exact) mass is 323 g/mol. The van der Waals surface area contributed by atoms with E-state index >= 15 is 0 Å². The molecule has 0 radical (unpaired) electrons. The van der Waals surface area contributed by atoms with Crippen LogP contribution < -0.4 is 14.8 Å². The number of methoxy groups -OCH3 is 2. The Hall–Kier alpha value is -2.24. The van der Waals surface area contributed by atoms with Crippen LogP contribution in [0.5, 0.6) is 11.5 Å². The van der Waals surface area contributed by atoms with Crippen molar-refractivity contribution in [3.8, 4) is 11.5 Å². The quantitative estimate of drug-likeness (QED) is 0.730. The lowest BCUT2D eigenvalue weighted by molar-refractivity contribution is -0.137. The molecule has 1 rings (SSSR count). The smallest absolute Gasteiger partial charge is 0.305 e. The molecule has 0 aliphatic heterocycles. The molecule has 1 aromatic rings. The van der Waals surface area contributed by atoms with Gasteiger partial charge in [-0.2, -0.15) is 0 Å². The summed E-state index contributed by atoms with van der Waals surface area (Å²) in [5.74, 6) is 0.174. The summed E-state index contributed by atoms with van der Waals surface area (Å²) in [6.45, 7) is 4.00. The Morgan fingerprint density at radius 2 is 1.83 bits per heavy atom. The van der Waals surface area contributed by atoms with Crippen LogP contribution in [0.2, 0.25) is 0 Å². The van der Waals surface area contributed by atoms with Crippen molar-refractivity contribution in [1.82, 2.24) is 5.32 Å². The predicted octanol–water partition coefficient (Wildman–Crippen LogP) is 2.77. The zero-order valence-corrected chi connectivity index (χ0v) is 14.1. The molecule has 0 spiro atoms. The number of carboxylic acids is 1. The number of hydrogen-bond acceptors (Lipinski definition) is 4. The molecule has 2 N–H and O–H groups in total. The molecule has 1 amide bonds. The summed E-state index contributed by atoms with van der Waals surface area (Å²) in [7, 11) is 3.04. The number of carbonyl (C=O) groups excluding carboxylic acids is 1. The van der Waals surface area contributed by atoms with Gasteiger partial charge in [-0.25, -0.2) is 0 Å². The Kier molecular flexibility index (Phi) is 7.38. The Morgan fingerprint density at radius 3 is 2.35 bits per heavy atom. The normalized spacial score (nSPS) is 13.0. The minimum atomic E-state index is -0.978. The first-order chi connectivity index (χ1) is 10.9. The standard InChI is InChI=1S/C17H25NO5/c1-5-11(2)8-16(19)18-13(10-17(20)21)12-6-7-14(22-3)15(9-12)23-4/h6-7,9,11,13H,5,8,10H2,1-4H3,(H,18,19)(H,20,21). The highest BCUT2D eigenvalue weighted by Crippen LogP contribution is 2.31. The van der Waals surface area contributed by atoms with Gasteiger partial charge in [0.05, 0.1) is 26.7 Å². The molecule has 0 bridgehead atoms. The van der Waals surface area contributed by atoms with Gasteiger partial charge in [-0.05, 0) is 23.6 Å². The van der Waals surface area contributed by atoms with Crippen molar-refractivity contribution in [2.24, 2.45) is 5.92 Å². The lowest BCUT2D eigenvalue weighted by Crippen LogP contribution is -2.31. The van der Waals surface area contributed by atoms with E-state index < -0.39 is 12.0 Å². The van der Waals surface area contributed by atoms with E-state index in [1.165, 1.54) is 14.2 Å². The number of aliphatic carboxylic acids is 1. The maximum atomic E-state index is 12.1. The number of nitrogens with one attached hydrogen (secondary N) is 1. The number of carbonyl (C=O) groups is 2. The van der Waals surface area contributed by atoms with E-state index in [2.05, 4.69) is 5.32 Å². The van der Waals surface area contributed by atoms with E-state index in [0.29, 0.717) is 23.5 Å². The summed E-state index contributed by atoms with van der Waals surface area (Å²) in [6, 6.07) is 4.52. The summed E-state index contributed by atoms with van der Waals surface area (Å²) in [4.78, 5) is 23.2. The molecule has 0 heterocycles. The topological polar surface area (TPSA) is 84.9 Å². The van der Waals surface area contributed by atoms with Crippen LogP contribution in [0, 0.1) is 5.92 Å². The van der Waals surface area contributed by atoms with Crippen LogP contribution in [0.1, 0.15) is 44.7 Å². The Balaban J connectivity index is 2.97. The van der Waals surface area contributed by atoms with E-state index in [1.54, 1.807) is 18.2 Å². The number of amides is 1. The third kappa shape index (κ3) is 5.81. The average molecular weight is 323 g/mol. The lowest BCUT2D eigenvalue weighted by Gasteiger charge is -2.20. The Labute approximate surface area is 136 Å². The van der Waals surface area contributed by atoms with Crippen molar-refractivity contribution in [1.29, 1.82) is 0 Å². The summed E-state index contributed by atoms with van der Waals surface area (Å²) in [6.07, 6.45) is 1.08. The molecule has 128 valence electrons. The molecular weight excluding hydrogens is 298 g/mol. The molecule has 2 unspecified atom stereocenters. The summed E-state index contributed by atoms with van der Waals surface area (Å²) < 4.78 is 10.4. The van der Waals surface area contributed by atoms with Gasteiger partial charge in [-0.1, -0.05) is 26.3 Å². The van der Waals surface area contributed by atoms with E-state index in [4.69, 9.17) is 14.6 Å². The van der Waals surface area contributed by atoms with Crippen LogP contribution in [-0.4, -0.2) is 31.2 Å². The highest BCUT2D eigenvalue weighted by Gasteiger charge is 2.20. The van der Waals surface area contributed by atoms with Gasteiger partial charge in [0.15, 0.2) is 11.5 Å². The third-order valence-corrected chi connectivity index (χ3v) is 3.75. The van der Waals surface area contributed by atoms with Crippen molar-refractivity contribution in [2.45, 2.75) is 39.2 Å². The first kappa shape index (κ1) is 18.8. The van der Waals surface area contributed by atoms with Crippen molar-refractivity contribution in [3.05, 3.63) is 23.8 Å². The molecule has 6 nitrogen and oxygen atoms in total. The maximum Gasteiger partial charge on any atom is 0.305 e.